The zero-order valence-corrected chi connectivity index (χ0v) is 12.6. The fourth-order valence-corrected chi connectivity index (χ4v) is 1.88. The molecule has 0 spiro atoms. The van der Waals surface area contributed by atoms with Crippen molar-refractivity contribution in [3.8, 4) is 17.6 Å². The molecular formula is C16H12Cl2FNO. The lowest BCUT2D eigenvalue weighted by molar-refractivity contribution is 0.298. The predicted molar refractivity (Wildman–Crippen MR) is 82.2 cm³/mol. The van der Waals surface area contributed by atoms with Crippen molar-refractivity contribution in [2.45, 2.75) is 13.0 Å². The van der Waals surface area contributed by atoms with Crippen LogP contribution in [0.2, 0.25) is 5.02 Å². The van der Waals surface area contributed by atoms with E-state index in [9.17, 15) is 4.39 Å². The van der Waals surface area contributed by atoms with Gasteiger partial charge in [0, 0.05) is 34.6 Å². The van der Waals surface area contributed by atoms with E-state index in [4.69, 9.17) is 27.9 Å². The highest BCUT2D eigenvalue weighted by atomic mass is 35.5. The van der Waals surface area contributed by atoms with Gasteiger partial charge < -0.3 is 4.74 Å². The lowest BCUT2D eigenvalue weighted by atomic mass is 10.2. The maximum atomic E-state index is 13.6. The molecule has 0 aliphatic rings. The Morgan fingerprint density at radius 1 is 1.24 bits per heavy atom. The lowest BCUT2D eigenvalue weighted by Gasteiger charge is -2.07. The number of hydrogen-bond donors (Lipinski definition) is 0. The second kappa shape index (κ2) is 7.87. The van der Waals surface area contributed by atoms with Gasteiger partial charge in [0.1, 0.15) is 18.2 Å². The van der Waals surface area contributed by atoms with Gasteiger partial charge >= 0.3 is 0 Å². The molecule has 0 saturated carbocycles. The Balaban J connectivity index is 2.05. The van der Waals surface area contributed by atoms with Gasteiger partial charge in [0.25, 0.3) is 0 Å². The molecule has 2 nitrogen and oxygen atoms in total. The second-order valence-electron chi connectivity index (χ2n) is 4.17. The third-order valence-electron chi connectivity index (χ3n) is 2.57. The van der Waals surface area contributed by atoms with E-state index in [2.05, 4.69) is 16.8 Å². The summed E-state index contributed by atoms with van der Waals surface area (Å²) in [5.74, 6) is 6.50. The molecule has 5 heteroatoms. The zero-order valence-electron chi connectivity index (χ0n) is 11.1. The van der Waals surface area contributed by atoms with Crippen LogP contribution in [-0.2, 0) is 6.61 Å². The highest BCUT2D eigenvalue weighted by Crippen LogP contribution is 2.18. The number of alkyl halides is 1. The van der Waals surface area contributed by atoms with Crippen molar-refractivity contribution in [3.05, 3.63) is 58.6 Å². The standard InChI is InChI=1S/C16H12Cl2FNO/c17-6-2-1-3-12-7-15(10-20-9-12)21-11-13-8-14(18)4-5-16(13)19/h4-5,7-10H,2,6,11H2. The van der Waals surface area contributed by atoms with Crippen LogP contribution in [0, 0.1) is 17.7 Å². The smallest absolute Gasteiger partial charge is 0.139 e. The molecule has 0 bridgehead atoms. The molecular weight excluding hydrogens is 312 g/mol. The first kappa shape index (κ1) is 15.6. The van der Waals surface area contributed by atoms with Crippen LogP contribution in [0.25, 0.3) is 0 Å². The summed E-state index contributed by atoms with van der Waals surface area (Å²) in [5.41, 5.74) is 1.12. The Bertz CT molecular complexity index is 679. The number of hydrogen-bond acceptors (Lipinski definition) is 2. The van der Waals surface area contributed by atoms with Crippen LogP contribution in [0.4, 0.5) is 4.39 Å². The topological polar surface area (TPSA) is 22.1 Å². The van der Waals surface area contributed by atoms with E-state index in [0.717, 1.165) is 5.56 Å². The molecule has 1 heterocycles. The van der Waals surface area contributed by atoms with Gasteiger partial charge in [0.05, 0.1) is 6.20 Å². The molecule has 1 aromatic heterocycles. The van der Waals surface area contributed by atoms with Crippen LogP contribution >= 0.6 is 23.2 Å². The van der Waals surface area contributed by atoms with Gasteiger partial charge in [-0.1, -0.05) is 23.4 Å². The monoisotopic (exact) mass is 323 g/mol. The summed E-state index contributed by atoms with van der Waals surface area (Å²) >= 11 is 11.4. The Morgan fingerprint density at radius 3 is 2.90 bits per heavy atom. The normalized spacial score (nSPS) is 9.86. The van der Waals surface area contributed by atoms with E-state index in [-0.39, 0.29) is 12.4 Å². The van der Waals surface area contributed by atoms with Crippen LogP contribution in [-0.4, -0.2) is 10.9 Å². The van der Waals surface area contributed by atoms with E-state index in [1.807, 2.05) is 0 Å². The van der Waals surface area contributed by atoms with Crippen molar-refractivity contribution in [2.75, 3.05) is 5.88 Å². The van der Waals surface area contributed by atoms with Crippen molar-refractivity contribution in [1.29, 1.82) is 0 Å². The van der Waals surface area contributed by atoms with Crippen LogP contribution in [0.5, 0.6) is 5.75 Å². The number of halogens is 3. The highest BCUT2D eigenvalue weighted by Gasteiger charge is 2.04. The molecule has 108 valence electrons. The van der Waals surface area contributed by atoms with Gasteiger partial charge in [-0.2, -0.15) is 0 Å². The Kier molecular flexibility index (Phi) is 5.86. The summed E-state index contributed by atoms with van der Waals surface area (Å²) in [7, 11) is 0. The maximum Gasteiger partial charge on any atom is 0.139 e. The molecule has 21 heavy (non-hydrogen) atoms. The van der Waals surface area contributed by atoms with Gasteiger partial charge in [-0.25, -0.2) is 4.39 Å². The minimum Gasteiger partial charge on any atom is -0.487 e. The van der Waals surface area contributed by atoms with Gasteiger partial charge in [0.2, 0.25) is 0 Å². The lowest BCUT2D eigenvalue weighted by Crippen LogP contribution is -1.99. The van der Waals surface area contributed by atoms with Gasteiger partial charge in [-0.15, -0.1) is 11.6 Å². The molecule has 1 aromatic carbocycles. The second-order valence-corrected chi connectivity index (χ2v) is 4.99. The first-order valence-corrected chi connectivity index (χ1v) is 7.17. The Morgan fingerprint density at radius 2 is 2.10 bits per heavy atom. The quantitative estimate of drug-likeness (QED) is 0.613. The number of ether oxygens (including phenoxy) is 1. The fraction of sp³-hybridized carbons (Fsp3) is 0.188. The number of aromatic nitrogens is 1. The minimum atomic E-state index is -0.356. The molecule has 0 aliphatic carbocycles. The van der Waals surface area contributed by atoms with E-state index in [1.54, 1.807) is 18.5 Å². The first-order chi connectivity index (χ1) is 10.2. The Hall–Kier alpha value is -1.76. The van der Waals surface area contributed by atoms with Gasteiger partial charge in [-0.05, 0) is 24.3 Å². The van der Waals surface area contributed by atoms with Crippen molar-refractivity contribution in [1.82, 2.24) is 4.98 Å². The van der Waals surface area contributed by atoms with Gasteiger partial charge in [0.15, 0.2) is 0 Å². The molecule has 0 amide bonds. The zero-order chi connectivity index (χ0) is 15.1. The summed E-state index contributed by atoms with van der Waals surface area (Å²) in [5, 5.41) is 0.466. The largest absolute Gasteiger partial charge is 0.487 e. The maximum absolute atomic E-state index is 13.6. The van der Waals surface area contributed by atoms with Crippen LogP contribution in [0.3, 0.4) is 0 Å². The van der Waals surface area contributed by atoms with Crippen molar-refractivity contribution < 1.29 is 9.13 Å². The molecule has 0 N–H and O–H groups in total. The predicted octanol–water partition coefficient (Wildman–Crippen LogP) is 4.43. The molecule has 0 aliphatic heterocycles. The van der Waals surface area contributed by atoms with Crippen molar-refractivity contribution >= 4 is 23.2 Å². The number of benzene rings is 1. The highest BCUT2D eigenvalue weighted by molar-refractivity contribution is 6.30. The van der Waals surface area contributed by atoms with Crippen molar-refractivity contribution in [2.24, 2.45) is 0 Å². The molecule has 2 rings (SSSR count). The number of pyridine rings is 1. The average Bonchev–Trinajstić information content (AvgIpc) is 2.49. The molecule has 0 unspecified atom stereocenters. The van der Waals surface area contributed by atoms with Crippen LogP contribution < -0.4 is 4.74 Å². The molecule has 0 fully saturated rings. The van der Waals surface area contributed by atoms with E-state index < -0.39 is 0 Å². The van der Waals surface area contributed by atoms with E-state index in [0.29, 0.717) is 28.6 Å². The van der Waals surface area contributed by atoms with Crippen molar-refractivity contribution in [3.63, 3.8) is 0 Å². The summed E-state index contributed by atoms with van der Waals surface area (Å²) < 4.78 is 19.1. The minimum absolute atomic E-state index is 0.0760. The van der Waals surface area contributed by atoms with Crippen LogP contribution in [0.1, 0.15) is 17.5 Å². The summed E-state index contributed by atoms with van der Waals surface area (Å²) in [6, 6.07) is 6.09. The van der Waals surface area contributed by atoms with E-state index in [1.165, 1.54) is 18.2 Å². The third-order valence-corrected chi connectivity index (χ3v) is 2.99. The fourth-order valence-electron chi connectivity index (χ4n) is 1.59. The molecule has 0 radical (unpaired) electrons. The molecule has 2 aromatic rings. The SMILES string of the molecule is Fc1ccc(Cl)cc1COc1cncc(C#CCCCl)c1. The molecule has 0 atom stereocenters. The van der Waals surface area contributed by atoms with E-state index >= 15 is 0 Å². The summed E-state index contributed by atoms with van der Waals surface area (Å²) in [6.45, 7) is 0.0760. The summed E-state index contributed by atoms with van der Waals surface area (Å²) in [6.07, 6.45) is 3.80. The average molecular weight is 324 g/mol. The number of nitrogens with zero attached hydrogens (tertiary/aromatic N) is 1. The summed E-state index contributed by atoms with van der Waals surface area (Å²) in [4.78, 5) is 4.04. The third kappa shape index (κ3) is 4.93. The first-order valence-electron chi connectivity index (χ1n) is 6.25. The van der Waals surface area contributed by atoms with Gasteiger partial charge in [-0.3, -0.25) is 4.98 Å². The number of rotatable bonds is 4. The van der Waals surface area contributed by atoms with Crippen LogP contribution in [0.15, 0.2) is 36.7 Å². The molecule has 0 saturated heterocycles. The Labute approximate surface area is 132 Å².